The van der Waals surface area contributed by atoms with Gasteiger partial charge in [0.15, 0.2) is 0 Å². The molecule has 3 N–H and O–H groups in total. The quantitative estimate of drug-likeness (QED) is 0.836. The third-order valence-electron chi connectivity index (χ3n) is 3.93. The minimum Gasteiger partial charge on any atom is -0.326 e. The van der Waals surface area contributed by atoms with E-state index in [0.717, 1.165) is 6.54 Å². The van der Waals surface area contributed by atoms with Gasteiger partial charge in [-0.05, 0) is 18.4 Å². The van der Waals surface area contributed by atoms with Crippen molar-refractivity contribution in [2.45, 2.75) is 50.6 Å². The van der Waals surface area contributed by atoms with Crippen LogP contribution in [-0.4, -0.2) is 18.6 Å². The molecule has 2 heteroatoms. The molecule has 2 unspecified atom stereocenters. The summed E-state index contributed by atoms with van der Waals surface area (Å²) in [6.45, 7) is 5.57. The first-order chi connectivity index (χ1) is 8.09. The van der Waals surface area contributed by atoms with Gasteiger partial charge in [-0.25, -0.2) is 0 Å². The Morgan fingerprint density at radius 2 is 1.94 bits per heavy atom. The molecule has 0 heterocycles. The van der Waals surface area contributed by atoms with Crippen molar-refractivity contribution in [2.75, 3.05) is 6.54 Å². The van der Waals surface area contributed by atoms with Crippen LogP contribution in [0.1, 0.15) is 38.7 Å². The van der Waals surface area contributed by atoms with E-state index < -0.39 is 0 Å². The van der Waals surface area contributed by atoms with Gasteiger partial charge in [0.05, 0.1) is 0 Å². The first-order valence-corrected chi connectivity index (χ1v) is 6.64. The molecule has 2 atom stereocenters. The van der Waals surface area contributed by atoms with Gasteiger partial charge in [-0.15, -0.1) is 0 Å². The second-order valence-electron chi connectivity index (χ2n) is 5.83. The van der Waals surface area contributed by atoms with E-state index in [1.54, 1.807) is 0 Å². The zero-order chi connectivity index (χ0) is 12.3. The van der Waals surface area contributed by atoms with Gasteiger partial charge < -0.3 is 11.1 Å². The van der Waals surface area contributed by atoms with Crippen LogP contribution in [0.3, 0.4) is 0 Å². The van der Waals surface area contributed by atoms with E-state index in [9.17, 15) is 0 Å². The smallest absolute Gasteiger partial charge is 0.0219 e. The number of nitrogens with one attached hydrogen (secondary N) is 1. The standard InChI is InChI=1S/C15H24N2/c1-15(2,12-7-4-3-5-8-12)11-17-14-10-6-9-13(14)16/h3-5,7-8,13-14,17H,6,9-11,16H2,1-2H3. The maximum atomic E-state index is 6.08. The lowest BCUT2D eigenvalue weighted by Crippen LogP contribution is -2.45. The second kappa shape index (κ2) is 5.19. The Hall–Kier alpha value is -0.860. The first-order valence-electron chi connectivity index (χ1n) is 6.64. The second-order valence-corrected chi connectivity index (χ2v) is 5.83. The molecule has 1 aromatic rings. The van der Waals surface area contributed by atoms with Crippen LogP contribution < -0.4 is 11.1 Å². The molecule has 2 rings (SSSR count). The highest BCUT2D eigenvalue weighted by Gasteiger charge is 2.27. The van der Waals surface area contributed by atoms with Gasteiger partial charge in [0.1, 0.15) is 0 Å². The zero-order valence-corrected chi connectivity index (χ0v) is 10.9. The van der Waals surface area contributed by atoms with E-state index >= 15 is 0 Å². The summed E-state index contributed by atoms with van der Waals surface area (Å²) >= 11 is 0. The van der Waals surface area contributed by atoms with Gasteiger partial charge in [-0.1, -0.05) is 50.6 Å². The van der Waals surface area contributed by atoms with E-state index in [1.807, 2.05) is 0 Å². The molecule has 17 heavy (non-hydrogen) atoms. The molecule has 2 nitrogen and oxygen atoms in total. The Labute approximate surface area is 105 Å². The third kappa shape index (κ3) is 3.08. The molecule has 1 fully saturated rings. The van der Waals surface area contributed by atoms with Crippen LogP contribution >= 0.6 is 0 Å². The lowest BCUT2D eigenvalue weighted by atomic mass is 9.84. The first kappa shape index (κ1) is 12.6. The fourth-order valence-electron chi connectivity index (χ4n) is 2.62. The maximum Gasteiger partial charge on any atom is 0.0219 e. The Kier molecular flexibility index (Phi) is 3.85. The number of rotatable bonds is 4. The number of hydrogen-bond acceptors (Lipinski definition) is 2. The highest BCUT2D eigenvalue weighted by atomic mass is 15.0. The van der Waals surface area contributed by atoms with Crippen LogP contribution in [0.25, 0.3) is 0 Å². The summed E-state index contributed by atoms with van der Waals surface area (Å²) in [7, 11) is 0. The molecule has 0 aliphatic heterocycles. The van der Waals surface area contributed by atoms with E-state index in [1.165, 1.54) is 24.8 Å². The van der Waals surface area contributed by atoms with Gasteiger partial charge in [0.2, 0.25) is 0 Å². The van der Waals surface area contributed by atoms with Crippen molar-refractivity contribution in [1.82, 2.24) is 5.32 Å². The molecular formula is C15H24N2. The Morgan fingerprint density at radius 1 is 1.24 bits per heavy atom. The number of benzene rings is 1. The van der Waals surface area contributed by atoms with Crippen LogP contribution in [0, 0.1) is 0 Å². The molecule has 1 aliphatic carbocycles. The molecule has 1 aromatic carbocycles. The molecule has 1 aliphatic rings. The van der Waals surface area contributed by atoms with Crippen molar-refractivity contribution >= 4 is 0 Å². The Bertz CT molecular complexity index is 345. The molecule has 0 saturated heterocycles. The number of nitrogens with two attached hydrogens (primary N) is 1. The van der Waals surface area contributed by atoms with Gasteiger partial charge in [0, 0.05) is 24.0 Å². The fourth-order valence-corrected chi connectivity index (χ4v) is 2.62. The van der Waals surface area contributed by atoms with Crippen LogP contribution in [0.15, 0.2) is 30.3 Å². The highest BCUT2D eigenvalue weighted by Crippen LogP contribution is 2.23. The normalized spacial score (nSPS) is 25.1. The summed E-state index contributed by atoms with van der Waals surface area (Å²) in [5, 5.41) is 3.65. The molecule has 0 bridgehead atoms. The maximum absolute atomic E-state index is 6.08. The molecule has 1 saturated carbocycles. The topological polar surface area (TPSA) is 38.0 Å². The van der Waals surface area contributed by atoms with Crippen LogP contribution in [0.2, 0.25) is 0 Å². The SMILES string of the molecule is CC(C)(CNC1CCCC1N)c1ccccc1. The predicted octanol–water partition coefficient (Wildman–Crippen LogP) is 2.43. The minimum atomic E-state index is 0.170. The average Bonchev–Trinajstić information content (AvgIpc) is 2.74. The largest absolute Gasteiger partial charge is 0.326 e. The van der Waals surface area contributed by atoms with Crippen LogP contribution in [0.4, 0.5) is 0 Å². The van der Waals surface area contributed by atoms with Crippen molar-refractivity contribution in [2.24, 2.45) is 5.73 Å². The van der Waals surface area contributed by atoms with Crippen molar-refractivity contribution in [1.29, 1.82) is 0 Å². The Balaban J connectivity index is 1.93. The van der Waals surface area contributed by atoms with Gasteiger partial charge in [-0.2, -0.15) is 0 Å². The molecular weight excluding hydrogens is 208 g/mol. The number of hydrogen-bond donors (Lipinski definition) is 2. The molecule has 94 valence electrons. The van der Waals surface area contributed by atoms with Gasteiger partial charge in [-0.3, -0.25) is 0 Å². The average molecular weight is 232 g/mol. The molecule has 0 radical (unpaired) electrons. The van der Waals surface area contributed by atoms with Gasteiger partial charge >= 0.3 is 0 Å². The van der Waals surface area contributed by atoms with Crippen molar-refractivity contribution in [3.05, 3.63) is 35.9 Å². The van der Waals surface area contributed by atoms with E-state index in [-0.39, 0.29) is 5.41 Å². The van der Waals surface area contributed by atoms with E-state index in [4.69, 9.17) is 5.73 Å². The van der Waals surface area contributed by atoms with Crippen LogP contribution in [0.5, 0.6) is 0 Å². The summed E-state index contributed by atoms with van der Waals surface area (Å²) < 4.78 is 0. The summed E-state index contributed by atoms with van der Waals surface area (Å²) in [4.78, 5) is 0. The van der Waals surface area contributed by atoms with E-state index in [2.05, 4.69) is 49.5 Å². The molecule has 0 aromatic heterocycles. The van der Waals surface area contributed by atoms with Crippen molar-refractivity contribution in [3.8, 4) is 0 Å². The monoisotopic (exact) mass is 232 g/mol. The Morgan fingerprint density at radius 3 is 2.53 bits per heavy atom. The highest BCUT2D eigenvalue weighted by molar-refractivity contribution is 5.23. The zero-order valence-electron chi connectivity index (χ0n) is 10.9. The third-order valence-corrected chi connectivity index (χ3v) is 3.93. The summed E-state index contributed by atoms with van der Waals surface area (Å²) in [6.07, 6.45) is 3.67. The summed E-state index contributed by atoms with van der Waals surface area (Å²) in [5.74, 6) is 0. The molecule has 0 amide bonds. The predicted molar refractivity (Wildman–Crippen MR) is 73.1 cm³/mol. The minimum absolute atomic E-state index is 0.170. The lowest BCUT2D eigenvalue weighted by molar-refractivity contribution is 0.400. The lowest BCUT2D eigenvalue weighted by Gasteiger charge is -2.29. The fraction of sp³-hybridized carbons (Fsp3) is 0.600. The van der Waals surface area contributed by atoms with Gasteiger partial charge in [0.25, 0.3) is 0 Å². The van der Waals surface area contributed by atoms with Crippen LogP contribution in [-0.2, 0) is 5.41 Å². The summed E-state index contributed by atoms with van der Waals surface area (Å²) in [6, 6.07) is 11.6. The molecule has 0 spiro atoms. The van der Waals surface area contributed by atoms with E-state index in [0.29, 0.717) is 12.1 Å². The van der Waals surface area contributed by atoms with Crippen molar-refractivity contribution < 1.29 is 0 Å². The van der Waals surface area contributed by atoms with Crippen molar-refractivity contribution in [3.63, 3.8) is 0 Å². The summed E-state index contributed by atoms with van der Waals surface area (Å²) in [5.41, 5.74) is 7.64.